The molecule has 19 aromatic rings. The fourth-order valence-corrected chi connectivity index (χ4v) is 24.1. The van der Waals surface area contributed by atoms with Crippen molar-refractivity contribution in [2.45, 2.75) is 136 Å². The molecule has 0 bridgehead atoms. The van der Waals surface area contributed by atoms with Crippen LogP contribution >= 0.6 is 0 Å². The zero-order valence-electron chi connectivity index (χ0n) is 80.3. The van der Waals surface area contributed by atoms with Crippen molar-refractivity contribution in [2.24, 2.45) is 0 Å². The van der Waals surface area contributed by atoms with E-state index in [0.29, 0.717) is 0 Å². The first-order chi connectivity index (χ1) is 65.7. The quantitative estimate of drug-likeness (QED) is 0.134. The van der Waals surface area contributed by atoms with Crippen molar-refractivity contribution in [3.8, 4) is 72.4 Å². The van der Waals surface area contributed by atoms with Crippen molar-refractivity contribution < 1.29 is 0 Å². The summed E-state index contributed by atoms with van der Waals surface area (Å²) in [6.45, 7) is 35.1. The Kier molecular flexibility index (Phi) is 18.3. The predicted molar refractivity (Wildman–Crippen MR) is 580 cm³/mol. The van der Waals surface area contributed by atoms with Gasteiger partial charge in [0, 0.05) is 84.3 Å². The molecular weight excluding hydrogens is 1640 g/mol. The van der Waals surface area contributed by atoms with Crippen molar-refractivity contribution >= 4 is 136 Å². The molecule has 1 aromatic heterocycles. The number of fused-ring (bicyclic) bond motifs is 21. The van der Waals surface area contributed by atoms with E-state index in [4.69, 9.17) is 0 Å². The Bertz CT molecular complexity index is 8010. The van der Waals surface area contributed by atoms with Gasteiger partial charge in [-0.05, 0) is 263 Å². The van der Waals surface area contributed by atoms with Crippen molar-refractivity contribution in [3.63, 3.8) is 0 Å². The molecule has 5 nitrogen and oxygen atoms in total. The van der Waals surface area contributed by atoms with Crippen molar-refractivity contribution in [2.75, 3.05) is 19.6 Å². The van der Waals surface area contributed by atoms with Gasteiger partial charge >= 0.3 is 0 Å². The molecule has 0 fully saturated rings. The first-order valence-corrected chi connectivity index (χ1v) is 48.8. The smallest absolute Gasteiger partial charge is 0.252 e. The summed E-state index contributed by atoms with van der Waals surface area (Å²) in [7, 11) is 0. The molecule has 0 saturated carbocycles. The monoisotopic (exact) mass is 1750 g/mol. The number of aromatic nitrogens is 1. The van der Waals surface area contributed by atoms with E-state index in [1.807, 2.05) is 0 Å². The zero-order valence-corrected chi connectivity index (χ0v) is 80.3. The summed E-state index contributed by atoms with van der Waals surface area (Å²) in [4.78, 5) is 11.0. The van der Waals surface area contributed by atoms with Gasteiger partial charge in [-0.25, -0.2) is 0 Å². The molecule has 2 aliphatic carbocycles. The summed E-state index contributed by atoms with van der Waals surface area (Å²) < 4.78 is 2.58. The van der Waals surface area contributed by atoms with Crippen LogP contribution in [0.25, 0.3) is 94.3 Å². The minimum Gasteiger partial charge on any atom is -0.311 e. The molecular formula is C129H109B2N5. The van der Waals surface area contributed by atoms with Crippen LogP contribution in [0.2, 0.25) is 0 Å². The van der Waals surface area contributed by atoms with Crippen molar-refractivity contribution in [3.05, 3.63) is 438 Å². The molecule has 25 rings (SSSR count). The second-order valence-electron chi connectivity index (χ2n) is 43.9. The Morgan fingerprint density at radius 2 is 0.588 bits per heavy atom. The lowest BCUT2D eigenvalue weighted by Gasteiger charge is -2.48. The standard InChI is InChI=1S/C129H109B2N5/c1-124(2,3)84-47-39-48-89(70-84)132-112-63-37-33-59-105(112)130-107-78-108-115(79-114(107)134(90-71-86(126(7,8)9)69-87(72-90)127(10,11)12)117-68-83(67-116(132)121(117)130)92-54-40-55-98-95-51-27-32-58-104(95)129(120(92)98)102-56-30-25-49-93(102)94-50-26-31-57-103(94)129)135(111-66-65-85(125(4,5)6)73-99(111)80-41-19-16-20-42-80)118-76-91(133-109-61-35-28-52-96(109)97-53-29-36-62-110(97)133)77-119-122(118)131(108)106-60-34-38-64-113(106)136(119)123-100(81-43-21-17-22-44-81)74-88(128(13,14)15)75-101(123)82-45-23-18-24-46-82/h16-79H,1-15H3. The maximum absolute atomic E-state index is 2.78. The third-order valence-corrected chi connectivity index (χ3v) is 30.7. The van der Waals surface area contributed by atoms with E-state index in [1.54, 1.807) is 0 Å². The van der Waals surface area contributed by atoms with Gasteiger partial charge in [-0.3, -0.25) is 0 Å². The van der Waals surface area contributed by atoms with Gasteiger partial charge in [0.1, 0.15) is 0 Å². The number of benzene rings is 18. The predicted octanol–water partition coefficient (Wildman–Crippen LogP) is 30.4. The first-order valence-electron chi connectivity index (χ1n) is 48.8. The Hall–Kier alpha value is -14.9. The molecule has 6 aliphatic rings. The third-order valence-electron chi connectivity index (χ3n) is 30.7. The van der Waals surface area contributed by atoms with Gasteiger partial charge in [0.2, 0.25) is 0 Å². The fraction of sp³-hybridized carbons (Fsp3) is 0.163. The maximum atomic E-state index is 2.78. The highest BCUT2D eigenvalue weighted by molar-refractivity contribution is 7.03. The first kappa shape index (κ1) is 83.0. The second-order valence-corrected chi connectivity index (χ2v) is 43.9. The van der Waals surface area contributed by atoms with Crippen LogP contribution in [-0.2, 0) is 32.5 Å². The highest BCUT2D eigenvalue weighted by Crippen LogP contribution is 2.66. The van der Waals surface area contributed by atoms with Gasteiger partial charge in [-0.1, -0.05) is 389 Å². The lowest BCUT2D eigenvalue weighted by molar-refractivity contribution is 0.568. The molecule has 656 valence electrons. The molecule has 1 spiro atoms. The normalized spacial score (nSPS) is 14.1. The molecule has 18 aromatic carbocycles. The molecule has 136 heavy (non-hydrogen) atoms. The Labute approximate surface area is 801 Å². The van der Waals surface area contributed by atoms with E-state index in [0.717, 1.165) is 124 Å². The van der Waals surface area contributed by atoms with Gasteiger partial charge in [-0.2, -0.15) is 0 Å². The van der Waals surface area contributed by atoms with Crippen LogP contribution in [0.3, 0.4) is 0 Å². The van der Waals surface area contributed by atoms with E-state index in [-0.39, 0.29) is 40.5 Å². The van der Waals surface area contributed by atoms with Gasteiger partial charge in [0.25, 0.3) is 13.4 Å². The minimum atomic E-state index is -0.655. The zero-order chi connectivity index (χ0) is 92.7. The molecule has 4 aliphatic heterocycles. The molecule has 5 heterocycles. The van der Waals surface area contributed by atoms with Gasteiger partial charge in [0.05, 0.1) is 33.5 Å². The van der Waals surface area contributed by atoms with Crippen LogP contribution < -0.4 is 52.4 Å². The number of rotatable bonds is 9. The topological polar surface area (TPSA) is 17.9 Å². The molecule has 0 radical (unpaired) electrons. The number of hydrogen-bond donors (Lipinski definition) is 0. The molecule has 0 atom stereocenters. The van der Waals surface area contributed by atoms with Crippen molar-refractivity contribution in [1.29, 1.82) is 0 Å². The van der Waals surface area contributed by atoms with Crippen LogP contribution in [0.15, 0.2) is 388 Å². The average molecular weight is 1750 g/mol. The maximum Gasteiger partial charge on any atom is 0.252 e. The van der Waals surface area contributed by atoms with Crippen LogP contribution in [0, 0.1) is 0 Å². The third kappa shape index (κ3) is 12.5. The summed E-state index contributed by atoms with van der Waals surface area (Å²) in [6.07, 6.45) is 0. The van der Waals surface area contributed by atoms with Crippen molar-refractivity contribution in [1.82, 2.24) is 4.57 Å². The lowest BCUT2D eigenvalue weighted by Crippen LogP contribution is -2.65. The molecule has 0 amide bonds. The highest BCUT2D eigenvalue weighted by Gasteiger charge is 2.55. The molecule has 7 heteroatoms. The van der Waals surface area contributed by atoms with Gasteiger partial charge < -0.3 is 24.2 Å². The Balaban J connectivity index is 0.861. The summed E-state index contributed by atoms with van der Waals surface area (Å²) in [5.74, 6) is 0. The van der Waals surface area contributed by atoms with E-state index in [2.05, 4.69) is 516 Å². The number of para-hydroxylation sites is 4. The van der Waals surface area contributed by atoms with E-state index < -0.39 is 5.41 Å². The number of anilines is 12. The molecule has 0 saturated heterocycles. The van der Waals surface area contributed by atoms with E-state index in [9.17, 15) is 0 Å². The van der Waals surface area contributed by atoms with Crippen LogP contribution in [0.4, 0.5) is 68.2 Å². The van der Waals surface area contributed by atoms with Gasteiger partial charge in [-0.15, -0.1) is 0 Å². The Morgan fingerprint density at radius 3 is 1.11 bits per heavy atom. The Morgan fingerprint density at radius 1 is 0.206 bits per heavy atom. The molecule has 0 N–H and O–H groups in total. The van der Waals surface area contributed by atoms with Crippen LogP contribution in [-0.4, -0.2) is 18.0 Å². The van der Waals surface area contributed by atoms with E-state index in [1.165, 1.54) is 121 Å². The van der Waals surface area contributed by atoms with Crippen LogP contribution in [0.1, 0.15) is 154 Å². The van der Waals surface area contributed by atoms with Crippen LogP contribution in [0.5, 0.6) is 0 Å². The minimum absolute atomic E-state index is 0.163. The number of hydrogen-bond acceptors (Lipinski definition) is 4. The average Bonchev–Trinajstić information content (AvgIpc) is 1.59. The summed E-state index contributed by atoms with van der Waals surface area (Å²) in [5, 5.41) is 2.41. The van der Waals surface area contributed by atoms with E-state index >= 15 is 0 Å². The SMILES string of the molecule is CC(C)(C)c1cccc(N2c3ccccc3B3c4cc5c(cc4N(c4cc(C(C)(C)C)cc(C(C)(C)C)c4)c4cc(-c6cccc7c6C6(c8ccccc8-c8ccccc86)c6ccccc6-7)cc2c43)N(c2ccc(C(C)(C)C)cc2-c2ccccc2)c2cc(-n3c4ccccc4c4ccccc43)cc3c2B5c2ccccc2N3c2c(-c3ccccc3)cc(C(C)(C)C)cc2-c2ccccc2)c1. The number of nitrogens with zero attached hydrogens (tertiary/aromatic N) is 5. The highest BCUT2D eigenvalue weighted by atomic mass is 15.2. The molecule has 0 unspecified atom stereocenters. The van der Waals surface area contributed by atoms with Gasteiger partial charge in [0.15, 0.2) is 0 Å². The second kappa shape index (κ2) is 30.0. The summed E-state index contributed by atoms with van der Waals surface area (Å²) >= 11 is 0. The lowest BCUT2D eigenvalue weighted by atomic mass is 9.30. The fourth-order valence-electron chi connectivity index (χ4n) is 24.1. The summed E-state index contributed by atoms with van der Waals surface area (Å²) in [5.41, 5.74) is 48.6. The summed E-state index contributed by atoms with van der Waals surface area (Å²) in [6, 6.07) is 152. The largest absolute Gasteiger partial charge is 0.311 e.